The molecule has 0 aliphatic carbocycles. The van der Waals surface area contributed by atoms with Gasteiger partial charge in [0.05, 0.1) is 5.56 Å². The highest BCUT2D eigenvalue weighted by Crippen LogP contribution is 2.39. The van der Waals surface area contributed by atoms with Gasteiger partial charge in [0.1, 0.15) is 6.61 Å². The molecular formula is C24H26N4O3. The quantitative estimate of drug-likeness (QED) is 0.325. The van der Waals surface area contributed by atoms with Crippen molar-refractivity contribution in [1.82, 2.24) is 20.6 Å². The van der Waals surface area contributed by atoms with Gasteiger partial charge in [-0.2, -0.15) is 0 Å². The summed E-state index contributed by atoms with van der Waals surface area (Å²) in [5, 5.41) is 13.7. The minimum absolute atomic E-state index is 0.146. The summed E-state index contributed by atoms with van der Waals surface area (Å²) in [6.07, 6.45) is 7.66. The Morgan fingerprint density at radius 3 is 2.81 bits per heavy atom. The molecule has 0 bridgehead atoms. The molecule has 160 valence electrons. The molecule has 31 heavy (non-hydrogen) atoms. The average molecular weight is 418 g/mol. The molecule has 0 amide bonds. The second-order valence-corrected chi connectivity index (χ2v) is 7.74. The van der Waals surface area contributed by atoms with Crippen LogP contribution < -0.4 is 9.47 Å². The molecule has 1 unspecified atom stereocenters. The third kappa shape index (κ3) is 4.99. The van der Waals surface area contributed by atoms with Crippen molar-refractivity contribution in [2.45, 2.75) is 45.6 Å². The van der Waals surface area contributed by atoms with Crippen LogP contribution in [0.25, 0.3) is 6.08 Å². The lowest BCUT2D eigenvalue weighted by atomic mass is 10.0. The van der Waals surface area contributed by atoms with Crippen molar-refractivity contribution in [3.05, 3.63) is 70.6 Å². The number of aryl methyl sites for hydroxylation is 2. The number of carbonyl (C=O) groups is 1. The number of carbonyl (C=O) groups excluding carboxylic acids is 1. The van der Waals surface area contributed by atoms with E-state index in [4.69, 9.17) is 9.47 Å². The summed E-state index contributed by atoms with van der Waals surface area (Å²) in [6, 6.07) is 12.0. The van der Waals surface area contributed by atoms with Crippen LogP contribution in [0.1, 0.15) is 65.2 Å². The third-order valence-electron chi connectivity index (χ3n) is 5.26. The van der Waals surface area contributed by atoms with Gasteiger partial charge in [-0.3, -0.25) is 4.79 Å². The van der Waals surface area contributed by atoms with Gasteiger partial charge in [-0.1, -0.05) is 50.1 Å². The van der Waals surface area contributed by atoms with Gasteiger partial charge in [-0.15, -0.1) is 5.10 Å². The van der Waals surface area contributed by atoms with Crippen molar-refractivity contribution in [3.63, 3.8) is 0 Å². The Kier molecular flexibility index (Phi) is 6.40. The fourth-order valence-corrected chi connectivity index (χ4v) is 3.57. The zero-order chi connectivity index (χ0) is 21.6. The predicted octanol–water partition coefficient (Wildman–Crippen LogP) is 4.65. The van der Waals surface area contributed by atoms with Gasteiger partial charge in [0.2, 0.25) is 0 Å². The van der Waals surface area contributed by atoms with Gasteiger partial charge >= 0.3 is 0 Å². The number of tetrazole rings is 1. The van der Waals surface area contributed by atoms with Crippen LogP contribution in [-0.2, 0) is 6.42 Å². The molecule has 1 aliphatic rings. The number of hydrogen-bond donors (Lipinski definition) is 1. The summed E-state index contributed by atoms with van der Waals surface area (Å²) < 4.78 is 11.9. The first-order valence-electron chi connectivity index (χ1n) is 10.6. The molecule has 1 atom stereocenters. The smallest absolute Gasteiger partial charge is 0.193 e. The third-order valence-corrected chi connectivity index (χ3v) is 5.26. The van der Waals surface area contributed by atoms with Crippen molar-refractivity contribution in [2.75, 3.05) is 6.61 Å². The van der Waals surface area contributed by atoms with E-state index in [1.165, 1.54) is 24.8 Å². The lowest BCUT2D eigenvalue weighted by molar-refractivity contribution is 0.0816. The number of nitrogens with zero attached hydrogens (tertiary/aromatic N) is 3. The molecule has 2 aromatic carbocycles. The zero-order valence-electron chi connectivity index (χ0n) is 17.8. The molecule has 1 N–H and O–H groups in total. The molecule has 0 fully saturated rings. The molecule has 3 aromatic rings. The first-order chi connectivity index (χ1) is 15.1. The number of ether oxygens (including phenoxy) is 2. The number of aromatic nitrogens is 4. The molecule has 0 spiro atoms. The normalized spacial score (nSPS) is 15.4. The molecular weight excluding hydrogens is 392 g/mol. The van der Waals surface area contributed by atoms with Gasteiger partial charge in [-0.25, -0.2) is 5.10 Å². The summed E-state index contributed by atoms with van der Waals surface area (Å²) >= 11 is 0. The number of fused-ring (bicyclic) bond motifs is 1. The Morgan fingerprint density at radius 1 is 1.23 bits per heavy atom. The maximum absolute atomic E-state index is 13.0. The lowest BCUT2D eigenvalue weighted by Crippen LogP contribution is -2.24. The van der Waals surface area contributed by atoms with E-state index in [0.29, 0.717) is 22.9 Å². The fourth-order valence-electron chi connectivity index (χ4n) is 3.57. The van der Waals surface area contributed by atoms with Crippen LogP contribution in [0.3, 0.4) is 0 Å². The summed E-state index contributed by atoms with van der Waals surface area (Å²) in [5.74, 6) is 1.28. The Balaban J connectivity index is 1.50. The second-order valence-electron chi connectivity index (χ2n) is 7.74. The number of unbranched alkanes of at least 4 members (excludes halogenated alkanes) is 2. The van der Waals surface area contributed by atoms with E-state index in [9.17, 15) is 4.79 Å². The minimum Gasteiger partial charge on any atom is -0.485 e. The molecule has 1 aromatic heterocycles. The van der Waals surface area contributed by atoms with Crippen molar-refractivity contribution in [2.24, 2.45) is 0 Å². The summed E-state index contributed by atoms with van der Waals surface area (Å²) in [4.78, 5) is 13.0. The Bertz CT molecular complexity index is 1060. The van der Waals surface area contributed by atoms with Gasteiger partial charge in [-0.05, 0) is 65.1 Å². The summed E-state index contributed by atoms with van der Waals surface area (Å²) in [6.45, 7) is 4.40. The predicted molar refractivity (Wildman–Crippen MR) is 117 cm³/mol. The molecule has 7 heteroatoms. The molecule has 0 radical (unpaired) electrons. The first kappa shape index (κ1) is 20.8. The van der Waals surface area contributed by atoms with Crippen LogP contribution >= 0.6 is 0 Å². The Hall–Kier alpha value is -3.48. The van der Waals surface area contributed by atoms with Gasteiger partial charge in [0.15, 0.2) is 29.2 Å². The largest absolute Gasteiger partial charge is 0.485 e. The molecule has 0 saturated heterocycles. The topological polar surface area (TPSA) is 90.0 Å². The van der Waals surface area contributed by atoms with Crippen molar-refractivity contribution in [1.29, 1.82) is 0 Å². The van der Waals surface area contributed by atoms with E-state index in [-0.39, 0.29) is 12.4 Å². The summed E-state index contributed by atoms with van der Waals surface area (Å²) in [7, 11) is 0. The molecule has 0 saturated carbocycles. The monoisotopic (exact) mass is 418 g/mol. The highest BCUT2D eigenvalue weighted by atomic mass is 16.6. The van der Waals surface area contributed by atoms with Crippen molar-refractivity contribution >= 4 is 11.9 Å². The van der Waals surface area contributed by atoms with Crippen LogP contribution in [0, 0.1) is 6.92 Å². The van der Waals surface area contributed by atoms with Gasteiger partial charge in [0.25, 0.3) is 0 Å². The van der Waals surface area contributed by atoms with E-state index in [1.54, 1.807) is 6.08 Å². The van der Waals surface area contributed by atoms with Crippen LogP contribution in [0.4, 0.5) is 0 Å². The summed E-state index contributed by atoms with van der Waals surface area (Å²) in [5.41, 5.74) is 3.69. The van der Waals surface area contributed by atoms with E-state index in [1.807, 2.05) is 37.3 Å². The minimum atomic E-state index is -0.499. The van der Waals surface area contributed by atoms with E-state index < -0.39 is 6.10 Å². The second kappa shape index (κ2) is 9.55. The number of nitrogens with one attached hydrogen (secondary N) is 1. The van der Waals surface area contributed by atoms with E-state index in [2.05, 4.69) is 39.7 Å². The number of hydrogen-bond acceptors (Lipinski definition) is 6. The lowest BCUT2D eigenvalue weighted by Gasteiger charge is -2.26. The van der Waals surface area contributed by atoms with E-state index in [0.717, 1.165) is 17.5 Å². The highest BCUT2D eigenvalue weighted by Gasteiger charge is 2.29. The molecule has 7 nitrogen and oxygen atoms in total. The molecule has 2 heterocycles. The maximum Gasteiger partial charge on any atom is 0.193 e. The number of allylic oxidation sites excluding steroid dienone is 1. The van der Waals surface area contributed by atoms with Crippen LogP contribution in [0.5, 0.6) is 11.5 Å². The number of rotatable bonds is 8. The Labute approximate surface area is 181 Å². The van der Waals surface area contributed by atoms with E-state index >= 15 is 0 Å². The van der Waals surface area contributed by atoms with Crippen LogP contribution in [-0.4, -0.2) is 33.0 Å². The number of aromatic amines is 1. The molecule has 4 rings (SSSR count). The zero-order valence-corrected chi connectivity index (χ0v) is 17.8. The number of H-pyrrole nitrogens is 1. The SMILES string of the molecule is CCCCCc1ccc(C=CC(=O)c2cc(C)cc3c2OC(c2nnn[nH]2)CO3)cc1. The number of ketones is 1. The van der Waals surface area contributed by atoms with Gasteiger partial charge in [0, 0.05) is 0 Å². The van der Waals surface area contributed by atoms with Crippen LogP contribution in [0.15, 0.2) is 42.5 Å². The standard InChI is InChI=1S/C24H26N4O3/c1-3-4-5-6-17-7-9-18(10-8-17)11-12-20(29)19-13-16(2)14-21-23(19)31-22(15-30-21)24-25-27-28-26-24/h7-14,22H,3-6,15H2,1-2H3,(H,25,26,27,28). The van der Waals surface area contributed by atoms with Crippen molar-refractivity contribution < 1.29 is 14.3 Å². The highest BCUT2D eigenvalue weighted by molar-refractivity contribution is 6.09. The van der Waals surface area contributed by atoms with Gasteiger partial charge < -0.3 is 9.47 Å². The van der Waals surface area contributed by atoms with Crippen LogP contribution in [0.2, 0.25) is 0 Å². The fraction of sp³-hybridized carbons (Fsp3) is 0.333. The average Bonchev–Trinajstić information content (AvgIpc) is 3.32. The number of benzene rings is 2. The van der Waals surface area contributed by atoms with Crippen molar-refractivity contribution in [3.8, 4) is 11.5 Å². The molecule has 1 aliphatic heterocycles. The Morgan fingerprint density at radius 2 is 2.06 bits per heavy atom. The first-order valence-corrected chi connectivity index (χ1v) is 10.6. The maximum atomic E-state index is 13.0.